The van der Waals surface area contributed by atoms with Crippen molar-refractivity contribution in [3.05, 3.63) is 55.1 Å². The van der Waals surface area contributed by atoms with Gasteiger partial charge in [0.1, 0.15) is 0 Å². The molecule has 1 heterocycles. The van der Waals surface area contributed by atoms with Crippen molar-refractivity contribution in [1.82, 2.24) is 0 Å². The zero-order valence-corrected chi connectivity index (χ0v) is 20.2. The molecule has 0 saturated carbocycles. The maximum absolute atomic E-state index is 2.46. The van der Waals surface area contributed by atoms with Crippen LogP contribution in [0.3, 0.4) is 0 Å². The van der Waals surface area contributed by atoms with Crippen molar-refractivity contribution in [3.63, 3.8) is 0 Å². The number of fused-ring (bicyclic) bond motifs is 1. The van der Waals surface area contributed by atoms with Crippen molar-refractivity contribution < 1.29 is 47.6 Å². The van der Waals surface area contributed by atoms with E-state index >= 15 is 0 Å². The van der Waals surface area contributed by atoms with E-state index in [1.165, 1.54) is 16.2 Å². The van der Waals surface area contributed by atoms with Gasteiger partial charge in [-0.15, -0.1) is 0 Å². The molecule has 131 valence electrons. The Balaban J connectivity index is 0.000000425. The summed E-state index contributed by atoms with van der Waals surface area (Å²) in [4.78, 5) is 2.93. The van der Waals surface area contributed by atoms with Crippen LogP contribution in [-0.2, 0) is 22.8 Å². The van der Waals surface area contributed by atoms with Gasteiger partial charge in [0.25, 0.3) is 0 Å². The first-order valence-electron chi connectivity index (χ1n) is 7.99. The zero-order valence-electron chi connectivity index (χ0n) is 15.4. The summed E-state index contributed by atoms with van der Waals surface area (Å²) in [5.74, 6) is 0.634. The second-order valence-corrected chi connectivity index (χ2v) is 13.2. The fourth-order valence-corrected chi connectivity index (χ4v) is 6.30. The van der Waals surface area contributed by atoms with Crippen LogP contribution in [0.25, 0.3) is 0 Å². The summed E-state index contributed by atoms with van der Waals surface area (Å²) in [5, 5.41) is 0. The van der Waals surface area contributed by atoms with Crippen molar-refractivity contribution in [2.45, 2.75) is 48.0 Å². The Bertz CT molecular complexity index is 625. The van der Waals surface area contributed by atoms with Crippen LogP contribution in [0.5, 0.6) is 0 Å². The molecule has 0 bridgehead atoms. The summed E-state index contributed by atoms with van der Waals surface area (Å²) in [6, 6.07) is 0. The molecule has 1 atom stereocenters. The van der Waals surface area contributed by atoms with E-state index in [0.717, 1.165) is 0 Å². The van der Waals surface area contributed by atoms with Gasteiger partial charge in [0.2, 0.25) is 0 Å². The maximum atomic E-state index is 2.46. The Morgan fingerprint density at radius 2 is 1.88 bits per heavy atom. The topological polar surface area (TPSA) is 0 Å². The average Bonchev–Trinajstić information content (AvgIpc) is 3.03. The van der Waals surface area contributed by atoms with Gasteiger partial charge in [0.15, 0.2) is 0 Å². The Labute approximate surface area is 175 Å². The van der Waals surface area contributed by atoms with E-state index in [9.17, 15) is 0 Å². The average molecular weight is 462 g/mol. The summed E-state index contributed by atoms with van der Waals surface area (Å²) < 4.78 is 3.42. The molecule has 0 amide bonds. The minimum atomic E-state index is -0.314. The first kappa shape index (κ1) is 24.4. The Morgan fingerprint density at radius 1 is 1.21 bits per heavy atom. The van der Waals surface area contributed by atoms with Crippen molar-refractivity contribution in [1.29, 1.82) is 0 Å². The molecule has 4 heteroatoms. The third-order valence-corrected chi connectivity index (χ3v) is 7.73. The molecule has 2 aliphatic carbocycles. The second-order valence-electron chi connectivity index (χ2n) is 7.27. The van der Waals surface area contributed by atoms with E-state index in [4.69, 9.17) is 0 Å². The van der Waals surface area contributed by atoms with E-state index < -0.39 is 0 Å². The molecule has 0 saturated heterocycles. The number of hydrogen-bond donors (Lipinski definition) is 0. The van der Waals surface area contributed by atoms with E-state index in [-0.39, 0.29) is 47.6 Å². The first-order chi connectivity index (χ1) is 10.3. The quantitative estimate of drug-likeness (QED) is 0.540. The molecule has 0 aromatic rings. The number of hydrogen-bond acceptors (Lipinski definition) is 1. The van der Waals surface area contributed by atoms with Crippen LogP contribution in [0.1, 0.15) is 48.0 Å². The maximum Gasteiger partial charge on any atom is -1.00 e. The first-order valence-corrected chi connectivity index (χ1v) is 11.3. The standard InChI is InChI=1S/C9H13.C8H8S.C3H6.2ClH.Zr/c1-9(2,3)8-6-4-5-7-8;1-6-5-7-3-2-4-8(7)9-6;1-3-2;;;/h6-7H,4H2,1-3H3;2-5,7H,1H3;1-2H3;2*1H;/q;;;;;+2/p-2. The minimum Gasteiger partial charge on any atom is -1.00 e. The van der Waals surface area contributed by atoms with Gasteiger partial charge in [-0.2, -0.15) is 0 Å². The molecule has 3 rings (SSSR count). The van der Waals surface area contributed by atoms with Crippen molar-refractivity contribution in [2.75, 3.05) is 0 Å². The van der Waals surface area contributed by atoms with E-state index in [1.54, 1.807) is 12.1 Å². The molecule has 24 heavy (non-hydrogen) atoms. The van der Waals surface area contributed by atoms with Gasteiger partial charge in [0, 0.05) is 10.8 Å². The third kappa shape index (κ3) is 7.32. The van der Waals surface area contributed by atoms with Crippen LogP contribution in [-0.4, -0.2) is 3.21 Å². The molecule has 1 aliphatic heterocycles. The van der Waals surface area contributed by atoms with E-state index in [1.807, 2.05) is 11.8 Å². The predicted molar refractivity (Wildman–Crippen MR) is 98.7 cm³/mol. The van der Waals surface area contributed by atoms with Gasteiger partial charge in [-0.25, -0.2) is 0 Å². The van der Waals surface area contributed by atoms with Gasteiger partial charge in [0.05, 0.1) is 0 Å². The van der Waals surface area contributed by atoms with Crippen LogP contribution in [0.15, 0.2) is 55.1 Å². The van der Waals surface area contributed by atoms with Crippen LogP contribution in [0, 0.1) is 11.3 Å². The summed E-state index contributed by atoms with van der Waals surface area (Å²) in [6.07, 6.45) is 15.0. The zero-order chi connectivity index (χ0) is 16.3. The molecule has 0 aromatic heterocycles. The van der Waals surface area contributed by atoms with Crippen molar-refractivity contribution >= 4 is 15.0 Å². The molecular weight excluding hydrogens is 434 g/mol. The van der Waals surface area contributed by atoms with E-state index in [0.29, 0.717) is 11.3 Å². The number of allylic oxidation sites excluding steroid dienone is 10. The Kier molecular flexibility index (Phi) is 10.7. The van der Waals surface area contributed by atoms with Crippen LogP contribution in [0.2, 0.25) is 0 Å². The van der Waals surface area contributed by atoms with Crippen LogP contribution in [0.4, 0.5) is 0 Å². The molecular formula is C20H27Cl2SZr. The molecule has 0 spiro atoms. The Hall–Kier alpha value is 0.383. The normalized spacial score (nSPS) is 20.2. The SMILES string of the molecule is CC1=CC2C=CC=C2S1.C[C](C)=[Zr+2][C]1=CC(C(C)(C)C)=CC1.[Cl-].[Cl-]. The van der Waals surface area contributed by atoms with Gasteiger partial charge in [-0.05, 0) is 11.8 Å². The molecule has 0 radical (unpaired) electrons. The van der Waals surface area contributed by atoms with Gasteiger partial charge < -0.3 is 24.8 Å². The summed E-state index contributed by atoms with van der Waals surface area (Å²) in [5.41, 5.74) is 1.90. The number of halogens is 2. The molecule has 0 aromatic carbocycles. The monoisotopic (exact) mass is 459 g/mol. The van der Waals surface area contributed by atoms with Gasteiger partial charge in [-0.1, -0.05) is 36.1 Å². The predicted octanol–water partition coefficient (Wildman–Crippen LogP) is 0.256. The molecule has 0 N–H and O–H groups in total. The number of rotatable bonds is 1. The van der Waals surface area contributed by atoms with Crippen LogP contribution < -0.4 is 24.8 Å². The largest absolute Gasteiger partial charge is 1.00 e. The fourth-order valence-electron chi connectivity index (χ4n) is 2.64. The van der Waals surface area contributed by atoms with Gasteiger partial charge in [-0.3, -0.25) is 0 Å². The molecule has 0 fully saturated rings. The minimum absolute atomic E-state index is 0. The number of thioether (sulfide) groups is 1. The van der Waals surface area contributed by atoms with E-state index in [2.05, 4.69) is 78.0 Å². The van der Waals surface area contributed by atoms with Crippen LogP contribution >= 0.6 is 11.8 Å². The smallest absolute Gasteiger partial charge is 1.00 e. The second kappa shape index (κ2) is 10.5. The summed E-state index contributed by atoms with van der Waals surface area (Å²) >= 11 is 1.58. The Morgan fingerprint density at radius 3 is 2.38 bits per heavy atom. The summed E-state index contributed by atoms with van der Waals surface area (Å²) in [6.45, 7) is 13.6. The van der Waals surface area contributed by atoms with Crippen molar-refractivity contribution in [2.24, 2.45) is 11.3 Å². The molecule has 3 aliphatic rings. The molecule has 1 unspecified atom stereocenters. The summed E-state index contributed by atoms with van der Waals surface area (Å²) in [7, 11) is 0. The third-order valence-electron chi connectivity index (χ3n) is 3.75. The van der Waals surface area contributed by atoms with Crippen molar-refractivity contribution in [3.8, 4) is 0 Å². The fraction of sp³-hybridized carbons (Fsp3) is 0.450. The van der Waals surface area contributed by atoms with Gasteiger partial charge >= 0.3 is 93.4 Å². The molecule has 0 nitrogen and oxygen atoms in total.